The predicted molar refractivity (Wildman–Crippen MR) is 217 cm³/mol. The van der Waals surface area contributed by atoms with E-state index in [1.54, 1.807) is 11.0 Å². The van der Waals surface area contributed by atoms with Gasteiger partial charge in [-0.1, -0.05) is 0 Å². The average Bonchev–Trinajstić information content (AvgIpc) is 4.02. The van der Waals surface area contributed by atoms with E-state index in [0.717, 1.165) is 25.9 Å². The lowest BCUT2D eigenvalue weighted by Crippen LogP contribution is -2.32. The molecular formula is C38H37N7O15S2. The Labute approximate surface area is 352 Å². The number of carboxylic acids is 1. The monoisotopic (exact) mass is 895 g/mol. The van der Waals surface area contributed by atoms with Crippen LogP contribution in [0.15, 0.2) is 94.7 Å². The molecule has 0 unspecified atom stereocenters. The third kappa shape index (κ3) is 11.6. The Bertz CT molecular complexity index is 2810. The van der Waals surface area contributed by atoms with Gasteiger partial charge in [0.15, 0.2) is 13.2 Å². The van der Waals surface area contributed by atoms with Crippen LogP contribution < -0.4 is 28.5 Å². The maximum atomic E-state index is 12.7. The van der Waals surface area contributed by atoms with Gasteiger partial charge >= 0.3 is 38.4 Å². The molecule has 4 aromatic carbocycles. The molecule has 0 spiro atoms. The van der Waals surface area contributed by atoms with Gasteiger partial charge in [-0.3, -0.25) is 15.4 Å². The standard InChI is InChI=1S/C21H22N4O7S.C17H15N3O8S/c1-30-21(27)24-20-22-17-9-6-15(12-18(17)23-20)32-33(28,29)16-7-4-14(5-8-16)31-13-19(26)25-10-2-3-11-25;1-26-17(23)20-16-18-13-7-4-11(8-14(13)19-16)28-29(24,25)12-5-2-10(3-6-12)27-9-15(21)22/h4-9,12H,2-3,10-11,13H2,1H3,(H2,22,23,24,27);2-8H,9H2,1H3,(H,21,22)(H2,18,19,20,23). The Morgan fingerprint density at radius 1 is 0.629 bits per heavy atom. The first-order chi connectivity index (χ1) is 29.6. The number of carboxylic acid groups (broad SMARTS) is 1. The minimum atomic E-state index is -4.14. The highest BCUT2D eigenvalue weighted by atomic mass is 32.2. The predicted octanol–water partition coefficient (Wildman–Crippen LogP) is 4.48. The fourth-order valence-electron chi connectivity index (χ4n) is 5.60. The summed E-state index contributed by atoms with van der Waals surface area (Å²) in [7, 11) is -5.82. The summed E-state index contributed by atoms with van der Waals surface area (Å²) in [5.41, 5.74) is 1.86. The maximum Gasteiger partial charge on any atom is 0.413 e. The molecule has 326 valence electrons. The highest BCUT2D eigenvalue weighted by Crippen LogP contribution is 2.27. The third-order valence-electron chi connectivity index (χ3n) is 8.54. The van der Waals surface area contributed by atoms with Gasteiger partial charge in [-0.2, -0.15) is 16.8 Å². The molecule has 1 fully saturated rings. The molecule has 1 saturated heterocycles. The SMILES string of the molecule is COC(=O)Nc1nc2ccc(OS(=O)(=O)c3ccc(OCC(=O)N4CCCC4)cc3)cc2[nH]1.COC(=O)Nc1nc2ccc(OS(=O)(=O)c3ccc(OCC(=O)O)cc3)cc2[nH]1. The van der Waals surface area contributed by atoms with Gasteiger partial charge in [-0.05, 0) is 85.6 Å². The molecule has 0 saturated carbocycles. The van der Waals surface area contributed by atoms with Crippen LogP contribution in [0.3, 0.4) is 0 Å². The number of aliphatic carboxylic acids is 1. The highest BCUT2D eigenvalue weighted by molar-refractivity contribution is 7.87. The van der Waals surface area contributed by atoms with Crippen LogP contribution in [-0.4, -0.2) is 111 Å². The van der Waals surface area contributed by atoms with Crippen molar-refractivity contribution >= 4 is 78.3 Å². The van der Waals surface area contributed by atoms with Crippen molar-refractivity contribution in [3.05, 3.63) is 84.9 Å². The summed E-state index contributed by atoms with van der Waals surface area (Å²) in [6, 6.07) is 19.5. The first kappa shape index (κ1) is 44.0. The number of H-pyrrole nitrogens is 2. The molecule has 0 bridgehead atoms. The van der Waals surface area contributed by atoms with Crippen LogP contribution >= 0.6 is 0 Å². The number of carbonyl (C=O) groups excluding carboxylic acids is 3. The lowest BCUT2D eigenvalue weighted by atomic mass is 10.3. The number of benzene rings is 4. The van der Waals surface area contributed by atoms with Gasteiger partial charge in [0.2, 0.25) is 11.9 Å². The number of likely N-dealkylation sites (tertiary alicyclic amines) is 1. The Morgan fingerprint density at radius 2 is 1.03 bits per heavy atom. The number of nitrogens with one attached hydrogen (secondary N) is 4. The number of hydrogen-bond donors (Lipinski definition) is 5. The molecule has 7 rings (SSSR count). The second-order valence-corrected chi connectivity index (χ2v) is 15.9. The summed E-state index contributed by atoms with van der Waals surface area (Å²) in [6.07, 6.45) is 0.591. The van der Waals surface area contributed by atoms with Crippen LogP contribution in [0, 0.1) is 0 Å². The second-order valence-electron chi connectivity index (χ2n) is 12.8. The number of nitrogens with zero attached hydrogens (tertiary/aromatic N) is 3. The zero-order valence-electron chi connectivity index (χ0n) is 32.6. The van der Waals surface area contributed by atoms with Crippen LogP contribution in [0.1, 0.15) is 12.8 Å². The molecule has 6 aromatic rings. The molecule has 22 nitrogen and oxygen atoms in total. The zero-order chi connectivity index (χ0) is 44.4. The summed E-state index contributed by atoms with van der Waals surface area (Å²) in [4.78, 5) is 60.5. The van der Waals surface area contributed by atoms with Gasteiger partial charge in [0.1, 0.15) is 32.8 Å². The molecule has 0 radical (unpaired) electrons. The average molecular weight is 896 g/mol. The number of aromatic amines is 2. The van der Waals surface area contributed by atoms with Gasteiger partial charge in [0, 0.05) is 25.2 Å². The summed E-state index contributed by atoms with van der Waals surface area (Å²) < 4.78 is 80.0. The minimum Gasteiger partial charge on any atom is -0.484 e. The van der Waals surface area contributed by atoms with Crippen molar-refractivity contribution in [2.45, 2.75) is 22.6 Å². The Morgan fingerprint density at radius 3 is 1.44 bits per heavy atom. The van der Waals surface area contributed by atoms with E-state index in [-0.39, 0.29) is 51.5 Å². The molecular weight excluding hydrogens is 859 g/mol. The Hall–Kier alpha value is -7.60. The first-order valence-corrected chi connectivity index (χ1v) is 21.0. The number of hydrogen-bond acceptors (Lipinski definition) is 16. The van der Waals surface area contributed by atoms with Crippen molar-refractivity contribution < 1.29 is 68.4 Å². The van der Waals surface area contributed by atoms with Crippen LogP contribution in [-0.2, 0) is 39.3 Å². The normalized spacial score (nSPS) is 12.5. The van der Waals surface area contributed by atoms with Gasteiger partial charge < -0.3 is 47.3 Å². The van der Waals surface area contributed by atoms with E-state index < -0.39 is 45.0 Å². The number of carbonyl (C=O) groups is 4. The van der Waals surface area contributed by atoms with E-state index in [4.69, 9.17) is 22.9 Å². The summed E-state index contributed by atoms with van der Waals surface area (Å²) in [6.45, 7) is 0.841. The number of amides is 3. The van der Waals surface area contributed by atoms with Gasteiger partial charge in [0.05, 0.1) is 36.3 Å². The molecule has 0 aliphatic carbocycles. The van der Waals surface area contributed by atoms with Crippen molar-refractivity contribution in [3.63, 3.8) is 0 Å². The summed E-state index contributed by atoms with van der Waals surface area (Å²) >= 11 is 0. The molecule has 24 heteroatoms. The fraction of sp³-hybridized carbons (Fsp3) is 0.211. The van der Waals surface area contributed by atoms with Crippen molar-refractivity contribution in [1.82, 2.24) is 24.8 Å². The number of imidazole rings is 2. The van der Waals surface area contributed by atoms with E-state index in [9.17, 15) is 36.0 Å². The van der Waals surface area contributed by atoms with Gasteiger partial charge in [-0.15, -0.1) is 0 Å². The molecule has 0 atom stereocenters. The summed E-state index contributed by atoms with van der Waals surface area (Å²) in [5.74, 6) is -0.290. The van der Waals surface area contributed by atoms with E-state index >= 15 is 0 Å². The third-order valence-corrected chi connectivity index (χ3v) is 11.1. The lowest BCUT2D eigenvalue weighted by Gasteiger charge is -2.15. The first-order valence-electron chi connectivity index (χ1n) is 18.1. The number of aromatic nitrogens is 4. The van der Waals surface area contributed by atoms with E-state index in [2.05, 4.69) is 40.0 Å². The number of anilines is 2. The van der Waals surface area contributed by atoms with E-state index in [1.807, 2.05) is 0 Å². The Kier molecular flexibility index (Phi) is 13.6. The topological polar surface area (TPSA) is 297 Å². The number of methoxy groups -OCH3 is 2. The smallest absolute Gasteiger partial charge is 0.413 e. The number of fused-ring (bicyclic) bond motifs is 2. The lowest BCUT2D eigenvalue weighted by molar-refractivity contribution is -0.139. The van der Waals surface area contributed by atoms with Gasteiger partial charge in [-0.25, -0.2) is 24.4 Å². The molecule has 5 N–H and O–H groups in total. The highest BCUT2D eigenvalue weighted by Gasteiger charge is 2.21. The minimum absolute atomic E-state index is 0.0250. The summed E-state index contributed by atoms with van der Waals surface area (Å²) in [5, 5.41) is 13.3. The molecule has 2 aromatic heterocycles. The molecule has 62 heavy (non-hydrogen) atoms. The van der Waals surface area contributed by atoms with Crippen molar-refractivity contribution in [1.29, 1.82) is 0 Å². The molecule has 1 aliphatic heterocycles. The largest absolute Gasteiger partial charge is 0.484 e. The maximum absolute atomic E-state index is 12.7. The van der Waals surface area contributed by atoms with Crippen LogP contribution in [0.5, 0.6) is 23.0 Å². The second kappa shape index (κ2) is 19.2. The van der Waals surface area contributed by atoms with Crippen LogP contribution in [0.4, 0.5) is 21.5 Å². The van der Waals surface area contributed by atoms with E-state index in [1.165, 1.54) is 93.1 Å². The Balaban J connectivity index is 0.000000209. The molecule has 1 aliphatic rings. The van der Waals surface area contributed by atoms with Crippen LogP contribution in [0.2, 0.25) is 0 Å². The van der Waals surface area contributed by atoms with Crippen molar-refractivity contribution in [2.75, 3.05) is 51.2 Å². The quantitative estimate of drug-likeness (QED) is 0.0942. The fourth-order valence-corrected chi connectivity index (χ4v) is 7.44. The van der Waals surface area contributed by atoms with Crippen LogP contribution in [0.25, 0.3) is 22.1 Å². The van der Waals surface area contributed by atoms with Crippen molar-refractivity contribution in [2.24, 2.45) is 0 Å². The van der Waals surface area contributed by atoms with E-state index in [0.29, 0.717) is 27.8 Å². The molecule has 3 amide bonds. The molecule has 3 heterocycles. The zero-order valence-corrected chi connectivity index (χ0v) is 34.3. The number of rotatable bonds is 14. The van der Waals surface area contributed by atoms with Gasteiger partial charge in [0.25, 0.3) is 5.91 Å². The number of ether oxygens (including phenoxy) is 4. The van der Waals surface area contributed by atoms with Crippen molar-refractivity contribution in [3.8, 4) is 23.0 Å².